The molecule has 0 radical (unpaired) electrons. The molecule has 0 amide bonds. The molecule has 1 aliphatic rings. The van der Waals surface area contributed by atoms with Crippen LogP contribution in [-0.4, -0.2) is 23.2 Å². The van der Waals surface area contributed by atoms with Crippen LogP contribution in [0.5, 0.6) is 0 Å². The van der Waals surface area contributed by atoms with Crippen LogP contribution in [0.4, 0.5) is 0 Å². The van der Waals surface area contributed by atoms with E-state index in [0.29, 0.717) is 0 Å². The molecule has 1 heterocycles. The second-order valence-electron chi connectivity index (χ2n) is 2.00. The molecule has 3 nitrogen and oxygen atoms in total. The molecular formula is C5H9NO2. The Morgan fingerprint density at radius 3 is 2.62 bits per heavy atom. The summed E-state index contributed by atoms with van der Waals surface area (Å²) >= 11 is 0. The first-order chi connectivity index (χ1) is 3.75. The van der Waals surface area contributed by atoms with E-state index in [1.165, 1.54) is 0 Å². The van der Waals surface area contributed by atoms with Crippen LogP contribution < -0.4 is 5.32 Å². The molecule has 8 heavy (non-hydrogen) atoms. The van der Waals surface area contributed by atoms with E-state index in [1.54, 1.807) is 0 Å². The van der Waals surface area contributed by atoms with E-state index >= 15 is 0 Å². The number of rotatable bonds is 2. The quantitative estimate of drug-likeness (QED) is 0.491. The van der Waals surface area contributed by atoms with Crippen molar-refractivity contribution in [3.05, 3.63) is 0 Å². The molecule has 1 aliphatic heterocycles. The van der Waals surface area contributed by atoms with Crippen molar-refractivity contribution in [3.63, 3.8) is 0 Å². The molecule has 0 spiro atoms. The topological polar surface area (TPSA) is 59.2 Å². The van der Waals surface area contributed by atoms with E-state index in [0.717, 1.165) is 6.42 Å². The third-order valence-electron chi connectivity index (χ3n) is 1.39. The number of hydrogen-bond donors (Lipinski definition) is 2. The Bertz CT molecular complexity index is 113. The first-order valence-corrected chi connectivity index (χ1v) is 2.74. The maximum atomic E-state index is 10.1. The Morgan fingerprint density at radius 1 is 1.88 bits per heavy atom. The first-order valence-electron chi connectivity index (χ1n) is 2.74. The van der Waals surface area contributed by atoms with Crippen LogP contribution in [0.15, 0.2) is 0 Å². The second kappa shape index (κ2) is 1.74. The maximum Gasteiger partial charge on any atom is 0.322 e. The minimum Gasteiger partial charge on any atom is -0.480 e. The highest BCUT2D eigenvalue weighted by Gasteiger charge is 2.40. The van der Waals surface area contributed by atoms with Gasteiger partial charge in [0.1, 0.15) is 6.04 Å². The fourth-order valence-electron chi connectivity index (χ4n) is 0.772. The van der Waals surface area contributed by atoms with E-state index < -0.39 is 5.97 Å². The van der Waals surface area contributed by atoms with Gasteiger partial charge in [0.25, 0.3) is 0 Å². The van der Waals surface area contributed by atoms with Gasteiger partial charge in [-0.3, -0.25) is 10.1 Å². The van der Waals surface area contributed by atoms with Crippen LogP contribution in [0.25, 0.3) is 0 Å². The minimum atomic E-state index is -0.725. The summed E-state index contributed by atoms with van der Waals surface area (Å²) in [5.41, 5.74) is 0. The third-order valence-corrected chi connectivity index (χ3v) is 1.39. The zero-order valence-electron chi connectivity index (χ0n) is 4.72. The SMILES string of the molecule is CC[C@@H]1N[C@H]1C(=O)O. The van der Waals surface area contributed by atoms with Gasteiger partial charge in [0.2, 0.25) is 0 Å². The van der Waals surface area contributed by atoms with E-state index in [4.69, 9.17) is 5.11 Å². The highest BCUT2D eigenvalue weighted by atomic mass is 16.4. The van der Waals surface area contributed by atoms with E-state index in [-0.39, 0.29) is 12.1 Å². The average Bonchev–Trinajstić information content (AvgIpc) is 2.42. The molecule has 2 N–H and O–H groups in total. The molecule has 2 atom stereocenters. The van der Waals surface area contributed by atoms with Crippen molar-refractivity contribution in [2.45, 2.75) is 25.4 Å². The summed E-state index contributed by atoms with van der Waals surface area (Å²) in [6.07, 6.45) is 0.914. The molecule has 0 unspecified atom stereocenters. The van der Waals surface area contributed by atoms with Gasteiger partial charge in [0.15, 0.2) is 0 Å². The number of nitrogens with one attached hydrogen (secondary N) is 1. The molecule has 1 fully saturated rings. The average molecular weight is 115 g/mol. The largest absolute Gasteiger partial charge is 0.480 e. The number of hydrogen-bond acceptors (Lipinski definition) is 2. The van der Waals surface area contributed by atoms with Crippen molar-refractivity contribution < 1.29 is 9.90 Å². The van der Waals surface area contributed by atoms with E-state index in [1.807, 2.05) is 6.92 Å². The summed E-state index contributed by atoms with van der Waals surface area (Å²) in [5.74, 6) is -0.725. The minimum absolute atomic E-state index is 0.243. The Hall–Kier alpha value is -0.570. The van der Waals surface area contributed by atoms with Crippen molar-refractivity contribution in [2.75, 3.05) is 0 Å². The van der Waals surface area contributed by atoms with Gasteiger partial charge >= 0.3 is 5.97 Å². The molecule has 1 saturated heterocycles. The van der Waals surface area contributed by atoms with Crippen molar-refractivity contribution >= 4 is 5.97 Å². The molecular weight excluding hydrogens is 106 g/mol. The van der Waals surface area contributed by atoms with Gasteiger partial charge in [-0.15, -0.1) is 0 Å². The van der Waals surface area contributed by atoms with Gasteiger partial charge in [0, 0.05) is 6.04 Å². The van der Waals surface area contributed by atoms with Crippen LogP contribution >= 0.6 is 0 Å². The van der Waals surface area contributed by atoms with Crippen LogP contribution in [0, 0.1) is 0 Å². The smallest absolute Gasteiger partial charge is 0.322 e. The van der Waals surface area contributed by atoms with Crippen molar-refractivity contribution in [3.8, 4) is 0 Å². The Balaban J connectivity index is 2.26. The third kappa shape index (κ3) is 0.816. The van der Waals surface area contributed by atoms with Gasteiger partial charge in [-0.1, -0.05) is 6.92 Å². The number of aliphatic carboxylic acids is 1. The lowest BCUT2D eigenvalue weighted by Gasteiger charge is -1.81. The van der Waals surface area contributed by atoms with Crippen molar-refractivity contribution in [2.24, 2.45) is 0 Å². The van der Waals surface area contributed by atoms with Crippen LogP contribution in [0.3, 0.4) is 0 Å². The molecule has 0 aromatic rings. The Morgan fingerprint density at radius 2 is 2.50 bits per heavy atom. The molecule has 1 rings (SSSR count). The van der Waals surface area contributed by atoms with Gasteiger partial charge in [-0.05, 0) is 6.42 Å². The predicted octanol–water partition coefficient (Wildman–Crippen LogP) is -0.179. The number of carbonyl (C=O) groups is 1. The molecule has 0 aliphatic carbocycles. The fourth-order valence-corrected chi connectivity index (χ4v) is 0.772. The van der Waals surface area contributed by atoms with E-state index in [9.17, 15) is 4.79 Å². The van der Waals surface area contributed by atoms with Crippen LogP contribution in [0.2, 0.25) is 0 Å². The number of carboxylic acid groups (broad SMARTS) is 1. The lowest BCUT2D eigenvalue weighted by Crippen LogP contribution is -2.08. The van der Waals surface area contributed by atoms with Gasteiger partial charge in [0.05, 0.1) is 0 Å². The van der Waals surface area contributed by atoms with Gasteiger partial charge in [-0.2, -0.15) is 0 Å². The van der Waals surface area contributed by atoms with Crippen LogP contribution in [0.1, 0.15) is 13.3 Å². The summed E-state index contributed by atoms with van der Waals surface area (Å²) in [5, 5.41) is 11.1. The molecule has 46 valence electrons. The summed E-state index contributed by atoms with van der Waals surface area (Å²) < 4.78 is 0. The summed E-state index contributed by atoms with van der Waals surface area (Å²) in [6.45, 7) is 1.97. The highest BCUT2D eigenvalue weighted by Crippen LogP contribution is 2.13. The monoisotopic (exact) mass is 115 g/mol. The summed E-state index contributed by atoms with van der Waals surface area (Å²) in [4.78, 5) is 10.1. The zero-order valence-corrected chi connectivity index (χ0v) is 4.72. The van der Waals surface area contributed by atoms with Gasteiger partial charge < -0.3 is 5.11 Å². The first kappa shape index (κ1) is 5.56. The molecule has 0 saturated carbocycles. The second-order valence-corrected chi connectivity index (χ2v) is 2.00. The van der Waals surface area contributed by atoms with E-state index in [2.05, 4.69) is 5.32 Å². The normalized spacial score (nSPS) is 34.6. The predicted molar refractivity (Wildman–Crippen MR) is 28.6 cm³/mol. The lowest BCUT2D eigenvalue weighted by atomic mass is 10.3. The molecule has 3 heteroatoms. The molecule has 0 aromatic carbocycles. The zero-order chi connectivity index (χ0) is 6.15. The molecule has 0 bridgehead atoms. The van der Waals surface area contributed by atoms with Gasteiger partial charge in [-0.25, -0.2) is 0 Å². The summed E-state index contributed by atoms with van der Waals surface area (Å²) in [7, 11) is 0. The highest BCUT2D eigenvalue weighted by molar-refractivity contribution is 5.78. The van der Waals surface area contributed by atoms with Crippen molar-refractivity contribution in [1.29, 1.82) is 0 Å². The Labute approximate surface area is 47.7 Å². The Kier molecular flexibility index (Phi) is 1.21. The fraction of sp³-hybridized carbons (Fsp3) is 0.800. The summed E-state index contributed by atoms with van der Waals surface area (Å²) in [6, 6.07) is -0.00694. The van der Waals surface area contributed by atoms with Crippen molar-refractivity contribution in [1.82, 2.24) is 5.32 Å². The van der Waals surface area contributed by atoms with Crippen LogP contribution in [-0.2, 0) is 4.79 Å². The lowest BCUT2D eigenvalue weighted by molar-refractivity contribution is -0.136. The number of carboxylic acids is 1. The molecule has 0 aromatic heterocycles. The maximum absolute atomic E-state index is 10.1. The standard InChI is InChI=1S/C5H9NO2/c1-2-3-4(6-3)5(7)8/h3-4,6H,2H2,1H3,(H,7,8)/t3-,4+/m0/s1.